The first-order chi connectivity index (χ1) is 7.68. The highest BCUT2D eigenvalue weighted by atomic mass is 16.6. The molecule has 0 amide bonds. The minimum atomic E-state index is -0.410. The first-order valence-electron chi connectivity index (χ1n) is 5.26. The zero-order valence-electron chi connectivity index (χ0n) is 8.80. The lowest BCUT2D eigenvalue weighted by Gasteiger charge is -2.24. The summed E-state index contributed by atoms with van der Waals surface area (Å²) in [6, 6.07) is 3.06. The number of aromatic amines is 1. The van der Waals surface area contributed by atoms with E-state index in [9.17, 15) is 15.2 Å². The maximum absolute atomic E-state index is 10.8. The van der Waals surface area contributed by atoms with Crippen LogP contribution in [-0.2, 0) is 0 Å². The lowest BCUT2D eigenvalue weighted by molar-refractivity contribution is -0.411. The Morgan fingerprint density at radius 1 is 1.62 bits per heavy atom. The summed E-state index contributed by atoms with van der Waals surface area (Å²) in [6.07, 6.45) is 2.86. The van der Waals surface area contributed by atoms with E-state index in [1.807, 2.05) is 4.90 Å². The highest BCUT2D eigenvalue weighted by molar-refractivity contribution is 5.53. The van der Waals surface area contributed by atoms with Crippen LogP contribution in [0, 0.1) is 10.1 Å². The van der Waals surface area contributed by atoms with Gasteiger partial charge in [0.15, 0.2) is 0 Å². The number of aliphatic hydroxyl groups is 1. The van der Waals surface area contributed by atoms with Crippen LogP contribution in [-0.4, -0.2) is 29.2 Å². The second kappa shape index (κ2) is 4.44. The quantitative estimate of drug-likeness (QED) is 0.581. The van der Waals surface area contributed by atoms with Gasteiger partial charge in [0.1, 0.15) is 6.54 Å². The third kappa shape index (κ3) is 2.11. The fourth-order valence-electron chi connectivity index (χ4n) is 1.98. The molecule has 1 aromatic heterocycles. The van der Waals surface area contributed by atoms with Crippen LogP contribution < -0.4 is 9.88 Å². The molecule has 1 atom stereocenters. The van der Waals surface area contributed by atoms with E-state index >= 15 is 0 Å². The van der Waals surface area contributed by atoms with Gasteiger partial charge in [0, 0.05) is 6.07 Å². The molecule has 2 N–H and O–H groups in total. The molecule has 0 aromatic carbocycles. The molecule has 0 spiro atoms. The summed E-state index contributed by atoms with van der Waals surface area (Å²) in [5.74, 6) is 0.478. The maximum Gasteiger partial charge on any atom is 0.357 e. The van der Waals surface area contributed by atoms with E-state index in [1.165, 1.54) is 6.07 Å². The van der Waals surface area contributed by atoms with Gasteiger partial charge in [0.25, 0.3) is 0 Å². The van der Waals surface area contributed by atoms with Crippen LogP contribution >= 0.6 is 0 Å². The van der Waals surface area contributed by atoms with Crippen LogP contribution in [0.15, 0.2) is 18.3 Å². The third-order valence-electron chi connectivity index (χ3n) is 2.72. The normalized spacial score (nSPS) is 20.8. The van der Waals surface area contributed by atoms with E-state index < -0.39 is 11.0 Å². The summed E-state index contributed by atoms with van der Waals surface area (Å²) in [4.78, 5) is 15.1. The Kier molecular flexibility index (Phi) is 3.00. The molecule has 1 aliphatic rings. The van der Waals surface area contributed by atoms with Gasteiger partial charge in [-0.3, -0.25) is 15.0 Å². The van der Waals surface area contributed by atoms with Crippen LogP contribution in [0.3, 0.4) is 0 Å². The molecule has 0 unspecified atom stereocenters. The number of piperidine rings is 1. The van der Waals surface area contributed by atoms with E-state index in [0.29, 0.717) is 12.4 Å². The molecule has 0 bridgehead atoms. The topological polar surface area (TPSA) is 80.8 Å². The number of nitrogens with zero attached hydrogens (tertiary/aromatic N) is 2. The molecule has 1 aliphatic heterocycles. The SMILES string of the molecule is O=[N+]([O-])c1ccc[nH+]c1N1CCC[C@H](O)C1. The molecular formula is C10H14N3O3+. The highest BCUT2D eigenvalue weighted by Crippen LogP contribution is 2.24. The number of rotatable bonds is 2. The Bertz CT molecular complexity index is 397. The summed E-state index contributed by atoms with van der Waals surface area (Å²) >= 11 is 0. The van der Waals surface area contributed by atoms with E-state index in [2.05, 4.69) is 4.98 Å². The van der Waals surface area contributed by atoms with E-state index in [1.54, 1.807) is 12.3 Å². The van der Waals surface area contributed by atoms with Crippen molar-refractivity contribution >= 4 is 11.5 Å². The number of β-amino-alcohol motifs (C(OH)–C–C–N with tert-alkyl or cyclic N) is 1. The largest absolute Gasteiger partial charge is 0.389 e. The minimum absolute atomic E-state index is 0.0524. The number of hydrogen-bond donors (Lipinski definition) is 1. The van der Waals surface area contributed by atoms with Crippen molar-refractivity contribution in [3.8, 4) is 0 Å². The zero-order valence-corrected chi connectivity index (χ0v) is 8.80. The Morgan fingerprint density at radius 2 is 2.44 bits per heavy atom. The van der Waals surface area contributed by atoms with Crippen molar-refractivity contribution in [2.75, 3.05) is 18.0 Å². The monoisotopic (exact) mass is 224 g/mol. The van der Waals surface area contributed by atoms with Gasteiger partial charge < -0.3 is 5.11 Å². The number of anilines is 1. The predicted octanol–water partition coefficient (Wildman–Crippen LogP) is 0.370. The van der Waals surface area contributed by atoms with Crippen LogP contribution in [0.2, 0.25) is 0 Å². The van der Waals surface area contributed by atoms with E-state index in [0.717, 1.165) is 19.4 Å². The molecule has 1 saturated heterocycles. The lowest BCUT2D eigenvalue weighted by Crippen LogP contribution is -2.41. The minimum Gasteiger partial charge on any atom is -0.389 e. The number of aromatic nitrogens is 1. The van der Waals surface area contributed by atoms with Crippen LogP contribution in [0.25, 0.3) is 0 Å². The van der Waals surface area contributed by atoms with Crippen molar-refractivity contribution in [2.24, 2.45) is 0 Å². The molecule has 2 heterocycles. The van der Waals surface area contributed by atoms with Gasteiger partial charge in [-0.25, -0.2) is 4.98 Å². The first-order valence-corrected chi connectivity index (χ1v) is 5.26. The Balaban J connectivity index is 2.28. The fraction of sp³-hybridized carbons (Fsp3) is 0.500. The standard InChI is InChI=1S/C10H13N3O3/c14-8-3-2-6-12(7-8)10-9(13(15)16)4-1-5-11-10/h1,4-5,8,14H,2-3,6-7H2/p+1/t8-/m0/s1. The van der Waals surface area contributed by atoms with Crippen LogP contribution in [0.5, 0.6) is 0 Å². The number of H-pyrrole nitrogens is 1. The summed E-state index contributed by atoms with van der Waals surface area (Å²) in [7, 11) is 0. The molecule has 2 rings (SSSR count). The highest BCUT2D eigenvalue weighted by Gasteiger charge is 2.31. The van der Waals surface area contributed by atoms with Crippen LogP contribution in [0.1, 0.15) is 12.8 Å². The molecule has 1 aromatic rings. The third-order valence-corrected chi connectivity index (χ3v) is 2.72. The number of hydrogen-bond acceptors (Lipinski definition) is 4. The molecule has 0 saturated carbocycles. The number of aliphatic hydroxyl groups excluding tert-OH is 1. The molecule has 6 heteroatoms. The Hall–Kier alpha value is -1.69. The Labute approximate surface area is 92.7 Å². The zero-order chi connectivity index (χ0) is 11.5. The smallest absolute Gasteiger partial charge is 0.357 e. The average Bonchev–Trinajstić information content (AvgIpc) is 2.29. The molecule has 16 heavy (non-hydrogen) atoms. The fourth-order valence-corrected chi connectivity index (χ4v) is 1.98. The first kappa shape index (κ1) is 10.8. The van der Waals surface area contributed by atoms with Crippen molar-refractivity contribution in [2.45, 2.75) is 18.9 Å². The predicted molar refractivity (Wildman–Crippen MR) is 57.1 cm³/mol. The van der Waals surface area contributed by atoms with Crippen LogP contribution in [0.4, 0.5) is 11.5 Å². The van der Waals surface area contributed by atoms with Gasteiger partial charge >= 0.3 is 11.5 Å². The molecule has 0 aliphatic carbocycles. The maximum atomic E-state index is 10.8. The molecule has 1 fully saturated rings. The summed E-state index contributed by atoms with van der Waals surface area (Å²) in [6.45, 7) is 1.18. The molecule has 86 valence electrons. The number of pyridine rings is 1. The van der Waals surface area contributed by atoms with E-state index in [-0.39, 0.29) is 5.69 Å². The van der Waals surface area contributed by atoms with Gasteiger partial charge in [-0.2, -0.15) is 0 Å². The second-order valence-electron chi connectivity index (χ2n) is 3.90. The van der Waals surface area contributed by atoms with Gasteiger partial charge in [0.2, 0.25) is 0 Å². The van der Waals surface area contributed by atoms with Gasteiger partial charge in [0.05, 0.1) is 23.8 Å². The number of nitrogens with one attached hydrogen (secondary N) is 1. The lowest BCUT2D eigenvalue weighted by atomic mass is 10.1. The van der Waals surface area contributed by atoms with Crippen molar-refractivity contribution in [3.05, 3.63) is 28.4 Å². The second-order valence-corrected chi connectivity index (χ2v) is 3.90. The van der Waals surface area contributed by atoms with Crippen molar-refractivity contribution in [1.29, 1.82) is 0 Å². The van der Waals surface area contributed by atoms with Crippen molar-refractivity contribution in [3.63, 3.8) is 0 Å². The van der Waals surface area contributed by atoms with Crippen molar-refractivity contribution < 1.29 is 15.0 Å². The van der Waals surface area contributed by atoms with Gasteiger partial charge in [-0.1, -0.05) is 0 Å². The van der Waals surface area contributed by atoms with Crippen molar-refractivity contribution in [1.82, 2.24) is 0 Å². The van der Waals surface area contributed by atoms with Gasteiger partial charge in [-0.15, -0.1) is 0 Å². The summed E-state index contributed by atoms with van der Waals surface area (Å²) < 4.78 is 0. The number of nitro groups is 1. The Morgan fingerprint density at radius 3 is 3.12 bits per heavy atom. The molecule has 6 nitrogen and oxygen atoms in total. The summed E-state index contributed by atoms with van der Waals surface area (Å²) in [5.41, 5.74) is 0.0524. The molecular weight excluding hydrogens is 210 g/mol. The van der Waals surface area contributed by atoms with E-state index in [4.69, 9.17) is 0 Å². The summed E-state index contributed by atoms with van der Waals surface area (Å²) in [5, 5.41) is 20.4. The average molecular weight is 224 g/mol. The molecule has 0 radical (unpaired) electrons. The van der Waals surface area contributed by atoms with Gasteiger partial charge in [-0.05, 0) is 18.9 Å².